The number of pyridine rings is 1. The van der Waals surface area contributed by atoms with Crippen LogP contribution in [0, 0.1) is 11.8 Å². The Bertz CT molecular complexity index is 702. The summed E-state index contributed by atoms with van der Waals surface area (Å²) in [6, 6.07) is 8.10. The number of hydrogen-bond acceptors (Lipinski definition) is 3. The minimum atomic E-state index is -0.392. The average molecular weight is 291 g/mol. The number of carbonyl (C=O) groups is 1. The molecule has 2 aromatic rings. The van der Waals surface area contributed by atoms with Gasteiger partial charge in [0, 0.05) is 11.8 Å². The summed E-state index contributed by atoms with van der Waals surface area (Å²) in [7, 11) is 0. The Hall–Kier alpha value is -2.02. The Morgan fingerprint density at radius 2 is 2.00 bits per heavy atom. The third-order valence-corrected chi connectivity index (χ3v) is 3.06. The van der Waals surface area contributed by atoms with E-state index in [4.69, 9.17) is 28.9 Å². The van der Waals surface area contributed by atoms with Crippen molar-refractivity contribution in [1.29, 1.82) is 0 Å². The number of benzene rings is 1. The molecule has 0 fully saturated rings. The lowest BCUT2D eigenvalue weighted by Gasteiger charge is -1.97. The number of nitrogens with zero attached hydrogens (tertiary/aromatic N) is 1. The molecule has 19 heavy (non-hydrogen) atoms. The summed E-state index contributed by atoms with van der Waals surface area (Å²) in [5.74, 6) is 4.98. The highest BCUT2D eigenvalue weighted by Gasteiger charge is 2.06. The zero-order chi connectivity index (χ0) is 13.8. The maximum absolute atomic E-state index is 11.8. The van der Waals surface area contributed by atoms with Gasteiger partial charge in [0.25, 0.3) is 0 Å². The lowest BCUT2D eigenvalue weighted by Crippen LogP contribution is -2.02. The van der Waals surface area contributed by atoms with E-state index in [9.17, 15) is 4.79 Å². The molecule has 94 valence electrons. The number of nitrogens with two attached hydrogens (primary N) is 1. The molecular weight excluding hydrogens is 283 g/mol. The molecule has 1 heterocycles. The molecule has 3 nitrogen and oxygen atoms in total. The van der Waals surface area contributed by atoms with Crippen LogP contribution < -0.4 is 5.73 Å². The largest absolute Gasteiger partial charge is 0.383 e. The number of aromatic nitrogens is 1. The Balaban J connectivity index is 2.27. The number of carbonyl (C=O) groups excluding carboxylic acids is 1. The highest BCUT2D eigenvalue weighted by molar-refractivity contribution is 6.42. The number of halogens is 2. The molecule has 0 aliphatic heterocycles. The van der Waals surface area contributed by atoms with Gasteiger partial charge in [0.2, 0.25) is 5.78 Å². The number of nitrogen functional groups attached to an aromatic ring is 1. The molecular formula is C14H8Cl2N2O. The van der Waals surface area contributed by atoms with E-state index >= 15 is 0 Å². The topological polar surface area (TPSA) is 56.0 Å². The standard InChI is InChI=1S/C14H8Cl2N2O/c15-11-5-3-9(8-12(11)16)4-6-13(19)10-2-1-7-18-14(10)17/h1-3,5,7-8H,(H2,17,18). The Morgan fingerprint density at radius 3 is 2.68 bits per heavy atom. The maximum atomic E-state index is 11.8. The van der Waals surface area contributed by atoms with E-state index in [0.29, 0.717) is 15.6 Å². The Labute approximate surface area is 120 Å². The van der Waals surface area contributed by atoms with Crippen LogP contribution in [0.15, 0.2) is 36.5 Å². The van der Waals surface area contributed by atoms with Gasteiger partial charge in [-0.05, 0) is 36.3 Å². The van der Waals surface area contributed by atoms with Gasteiger partial charge < -0.3 is 5.73 Å². The van der Waals surface area contributed by atoms with Crippen LogP contribution >= 0.6 is 23.2 Å². The minimum absolute atomic E-state index is 0.163. The first-order chi connectivity index (χ1) is 9.08. The third-order valence-electron chi connectivity index (χ3n) is 2.32. The van der Waals surface area contributed by atoms with Crippen molar-refractivity contribution in [2.75, 3.05) is 5.73 Å². The van der Waals surface area contributed by atoms with Crippen molar-refractivity contribution < 1.29 is 4.79 Å². The average Bonchev–Trinajstić information content (AvgIpc) is 2.40. The minimum Gasteiger partial charge on any atom is -0.383 e. The summed E-state index contributed by atoms with van der Waals surface area (Å²) in [6.45, 7) is 0. The third kappa shape index (κ3) is 3.25. The molecule has 0 spiro atoms. The fourth-order valence-corrected chi connectivity index (χ4v) is 1.68. The van der Waals surface area contributed by atoms with Crippen LogP contribution in [-0.2, 0) is 0 Å². The molecule has 0 unspecified atom stereocenters. The number of ketones is 1. The second-order valence-corrected chi connectivity index (χ2v) is 4.46. The van der Waals surface area contributed by atoms with Gasteiger partial charge in [0.15, 0.2) is 0 Å². The van der Waals surface area contributed by atoms with E-state index in [2.05, 4.69) is 16.8 Å². The molecule has 0 aliphatic carbocycles. The number of Topliss-reactive ketones (excluding diaryl/α,β-unsaturated/α-hetero) is 1. The fourth-order valence-electron chi connectivity index (χ4n) is 1.38. The first-order valence-electron chi connectivity index (χ1n) is 5.30. The molecule has 1 aromatic carbocycles. The zero-order valence-corrected chi connectivity index (χ0v) is 11.2. The van der Waals surface area contributed by atoms with Crippen LogP contribution in [0.25, 0.3) is 0 Å². The van der Waals surface area contributed by atoms with Crippen molar-refractivity contribution in [2.24, 2.45) is 0 Å². The highest BCUT2D eigenvalue weighted by atomic mass is 35.5. The number of rotatable bonds is 1. The molecule has 0 bridgehead atoms. The van der Waals surface area contributed by atoms with Crippen molar-refractivity contribution in [1.82, 2.24) is 4.98 Å². The number of anilines is 1. The molecule has 0 radical (unpaired) electrons. The van der Waals surface area contributed by atoms with Crippen LogP contribution in [0.2, 0.25) is 10.0 Å². The SMILES string of the molecule is Nc1ncccc1C(=O)C#Cc1ccc(Cl)c(Cl)c1. The van der Waals surface area contributed by atoms with Crippen LogP contribution in [-0.4, -0.2) is 10.8 Å². The van der Waals surface area contributed by atoms with Gasteiger partial charge >= 0.3 is 0 Å². The van der Waals surface area contributed by atoms with Crippen molar-refractivity contribution >= 4 is 34.8 Å². The van der Waals surface area contributed by atoms with E-state index in [0.717, 1.165) is 0 Å². The molecule has 1 aromatic heterocycles. The van der Waals surface area contributed by atoms with Crippen LogP contribution in [0.4, 0.5) is 5.82 Å². The summed E-state index contributed by atoms with van der Waals surface area (Å²) in [5.41, 5.74) is 6.49. The van der Waals surface area contributed by atoms with Gasteiger partial charge in [0.05, 0.1) is 15.6 Å². The van der Waals surface area contributed by atoms with E-state index in [1.54, 1.807) is 30.3 Å². The molecule has 0 saturated carbocycles. The summed E-state index contributed by atoms with van der Waals surface area (Å²) in [4.78, 5) is 15.7. The van der Waals surface area contributed by atoms with Crippen molar-refractivity contribution in [3.63, 3.8) is 0 Å². The molecule has 0 amide bonds. The smallest absolute Gasteiger partial charge is 0.239 e. The maximum Gasteiger partial charge on any atom is 0.239 e. The summed E-state index contributed by atoms with van der Waals surface area (Å²) < 4.78 is 0. The summed E-state index contributed by atoms with van der Waals surface area (Å²) in [6.07, 6.45) is 1.51. The zero-order valence-electron chi connectivity index (χ0n) is 9.65. The van der Waals surface area contributed by atoms with Gasteiger partial charge in [-0.15, -0.1) is 0 Å². The van der Waals surface area contributed by atoms with Crippen LogP contribution in [0.1, 0.15) is 15.9 Å². The van der Waals surface area contributed by atoms with Gasteiger partial charge in [-0.25, -0.2) is 4.98 Å². The molecule has 5 heteroatoms. The predicted molar refractivity (Wildman–Crippen MR) is 76.3 cm³/mol. The molecule has 0 aliphatic rings. The second-order valence-electron chi connectivity index (χ2n) is 3.64. The summed E-state index contributed by atoms with van der Waals surface area (Å²) in [5, 5.41) is 0.830. The highest BCUT2D eigenvalue weighted by Crippen LogP contribution is 2.22. The van der Waals surface area contributed by atoms with Crippen molar-refractivity contribution in [3.05, 3.63) is 57.7 Å². The van der Waals surface area contributed by atoms with Crippen LogP contribution in [0.5, 0.6) is 0 Å². The van der Waals surface area contributed by atoms with Crippen molar-refractivity contribution in [3.8, 4) is 11.8 Å². The quantitative estimate of drug-likeness (QED) is 0.648. The van der Waals surface area contributed by atoms with Crippen molar-refractivity contribution in [2.45, 2.75) is 0 Å². The molecule has 0 atom stereocenters. The first kappa shape index (κ1) is 13.4. The molecule has 0 saturated heterocycles. The Kier molecular flexibility index (Phi) is 4.06. The summed E-state index contributed by atoms with van der Waals surface area (Å²) >= 11 is 11.6. The number of hydrogen-bond donors (Lipinski definition) is 1. The Morgan fingerprint density at radius 1 is 1.21 bits per heavy atom. The van der Waals surface area contributed by atoms with E-state index in [1.165, 1.54) is 6.20 Å². The van der Waals surface area contributed by atoms with Gasteiger partial charge in [0.1, 0.15) is 5.82 Å². The van der Waals surface area contributed by atoms with E-state index in [-0.39, 0.29) is 11.4 Å². The predicted octanol–water partition coefficient (Wildman–Crippen LogP) is 3.21. The first-order valence-corrected chi connectivity index (χ1v) is 6.05. The monoisotopic (exact) mass is 290 g/mol. The van der Waals surface area contributed by atoms with Gasteiger partial charge in [-0.3, -0.25) is 4.79 Å². The van der Waals surface area contributed by atoms with Gasteiger partial charge in [-0.1, -0.05) is 29.1 Å². The second kappa shape index (κ2) is 5.75. The lowest BCUT2D eigenvalue weighted by molar-refractivity contribution is 0.105. The van der Waals surface area contributed by atoms with E-state index in [1.807, 2.05) is 0 Å². The van der Waals surface area contributed by atoms with E-state index < -0.39 is 5.78 Å². The fraction of sp³-hybridized carbons (Fsp3) is 0. The van der Waals surface area contributed by atoms with Crippen LogP contribution in [0.3, 0.4) is 0 Å². The lowest BCUT2D eigenvalue weighted by atomic mass is 10.1. The molecule has 2 N–H and O–H groups in total. The normalized spacial score (nSPS) is 9.58. The molecule has 2 rings (SSSR count). The van der Waals surface area contributed by atoms with Gasteiger partial charge in [-0.2, -0.15) is 0 Å².